The Balaban J connectivity index is 1.79. The first-order chi connectivity index (χ1) is 14.8. The highest BCUT2D eigenvalue weighted by Crippen LogP contribution is 2.28. The summed E-state index contributed by atoms with van der Waals surface area (Å²) < 4.78 is 2.10. The largest absolute Gasteiger partial charge is 0.318 e. The molecule has 3 aromatic rings. The van der Waals surface area contributed by atoms with Gasteiger partial charge < -0.3 is 4.57 Å². The molecule has 1 N–H and O–H groups in total. The SMILES string of the molecule is Cc1cccc(N2C(=O)/C(=C\c3cc(C)n(-c4ccccc4)c3C)C(=O)NC2=S)c1C. The van der Waals surface area contributed by atoms with Gasteiger partial charge in [-0.25, -0.2) is 0 Å². The molecule has 2 aromatic carbocycles. The molecule has 0 spiro atoms. The minimum atomic E-state index is -0.485. The van der Waals surface area contributed by atoms with E-state index in [1.54, 1.807) is 6.08 Å². The number of nitrogens with zero attached hydrogens (tertiary/aromatic N) is 2. The summed E-state index contributed by atoms with van der Waals surface area (Å²) in [7, 11) is 0. The summed E-state index contributed by atoms with van der Waals surface area (Å²) in [6, 6.07) is 17.6. The van der Waals surface area contributed by atoms with E-state index < -0.39 is 11.8 Å². The van der Waals surface area contributed by atoms with E-state index in [1.807, 2.05) is 82.3 Å². The number of anilines is 1. The van der Waals surface area contributed by atoms with Gasteiger partial charge in [0.05, 0.1) is 5.69 Å². The van der Waals surface area contributed by atoms with Crippen LogP contribution in [0.4, 0.5) is 5.69 Å². The number of carbonyl (C=O) groups excluding carboxylic acids is 2. The average molecular weight is 430 g/mol. The minimum absolute atomic E-state index is 0.0582. The second-order valence-corrected chi connectivity index (χ2v) is 8.06. The Labute approximate surface area is 187 Å². The summed E-state index contributed by atoms with van der Waals surface area (Å²) in [5.41, 5.74) is 6.52. The number of aromatic nitrogens is 1. The van der Waals surface area contributed by atoms with Crippen LogP contribution in [0.2, 0.25) is 0 Å². The fraction of sp³-hybridized carbons (Fsp3) is 0.160. The van der Waals surface area contributed by atoms with Crippen LogP contribution in [0.3, 0.4) is 0 Å². The van der Waals surface area contributed by atoms with Crippen LogP contribution in [0.25, 0.3) is 11.8 Å². The first-order valence-corrected chi connectivity index (χ1v) is 10.4. The number of amides is 2. The van der Waals surface area contributed by atoms with E-state index >= 15 is 0 Å². The van der Waals surface area contributed by atoms with Gasteiger partial charge in [-0.05, 0) is 86.9 Å². The molecule has 0 bridgehead atoms. The van der Waals surface area contributed by atoms with Gasteiger partial charge >= 0.3 is 0 Å². The maximum Gasteiger partial charge on any atom is 0.270 e. The molecule has 4 rings (SSSR count). The number of carbonyl (C=O) groups is 2. The number of hydrogen-bond acceptors (Lipinski definition) is 3. The third-order valence-corrected chi connectivity index (χ3v) is 5.99. The van der Waals surface area contributed by atoms with E-state index in [4.69, 9.17) is 12.2 Å². The van der Waals surface area contributed by atoms with Crippen molar-refractivity contribution >= 4 is 40.9 Å². The number of para-hydroxylation sites is 1. The quantitative estimate of drug-likeness (QED) is 0.378. The van der Waals surface area contributed by atoms with Crippen molar-refractivity contribution in [3.63, 3.8) is 0 Å². The molecule has 0 unspecified atom stereocenters. The molecule has 1 fully saturated rings. The van der Waals surface area contributed by atoms with Crippen LogP contribution in [0, 0.1) is 27.7 Å². The summed E-state index contributed by atoms with van der Waals surface area (Å²) in [6.45, 7) is 7.89. The predicted octanol–water partition coefficient (Wildman–Crippen LogP) is 4.54. The van der Waals surface area contributed by atoms with Crippen molar-refractivity contribution in [1.82, 2.24) is 9.88 Å². The molecule has 0 saturated carbocycles. The third-order valence-electron chi connectivity index (χ3n) is 5.70. The van der Waals surface area contributed by atoms with Gasteiger partial charge in [-0.1, -0.05) is 30.3 Å². The molecule has 1 aliphatic rings. The molecule has 1 aliphatic heterocycles. The zero-order valence-electron chi connectivity index (χ0n) is 17.9. The number of hydrogen-bond donors (Lipinski definition) is 1. The zero-order valence-corrected chi connectivity index (χ0v) is 18.7. The van der Waals surface area contributed by atoms with Crippen molar-refractivity contribution in [1.29, 1.82) is 0 Å². The van der Waals surface area contributed by atoms with Crippen LogP contribution in [-0.4, -0.2) is 21.5 Å². The lowest BCUT2D eigenvalue weighted by molar-refractivity contribution is -0.122. The lowest BCUT2D eigenvalue weighted by atomic mass is 10.0. The van der Waals surface area contributed by atoms with Crippen molar-refractivity contribution < 1.29 is 9.59 Å². The first-order valence-electron chi connectivity index (χ1n) is 10.0. The summed E-state index contributed by atoms with van der Waals surface area (Å²) in [6.07, 6.45) is 1.65. The molecular formula is C25H23N3O2S. The minimum Gasteiger partial charge on any atom is -0.318 e. The molecule has 0 atom stereocenters. The Kier molecular flexibility index (Phi) is 5.33. The Bertz CT molecular complexity index is 1260. The summed E-state index contributed by atoms with van der Waals surface area (Å²) in [5.74, 6) is -0.909. The van der Waals surface area contributed by atoms with Gasteiger partial charge in [0.25, 0.3) is 11.8 Å². The van der Waals surface area contributed by atoms with Gasteiger partial charge in [0, 0.05) is 17.1 Å². The third kappa shape index (κ3) is 3.59. The summed E-state index contributed by atoms with van der Waals surface area (Å²) in [4.78, 5) is 27.5. The van der Waals surface area contributed by atoms with Crippen LogP contribution >= 0.6 is 12.2 Å². The first kappa shape index (κ1) is 20.8. The fourth-order valence-corrected chi connectivity index (χ4v) is 4.19. The number of rotatable bonds is 3. The van der Waals surface area contributed by atoms with Crippen LogP contribution in [0.5, 0.6) is 0 Å². The number of thiocarbonyl (C=S) groups is 1. The standard InChI is InChI=1S/C25H23N3O2S/c1-15-9-8-12-22(17(15)3)28-24(30)21(23(29)26-25(28)31)14-19-13-16(2)27(18(19)4)20-10-6-5-7-11-20/h5-14H,1-4H3,(H,26,29,31)/b21-14-. The van der Waals surface area contributed by atoms with Crippen molar-refractivity contribution in [3.05, 3.63) is 88.2 Å². The lowest BCUT2D eigenvalue weighted by Gasteiger charge is -2.30. The van der Waals surface area contributed by atoms with Crippen molar-refractivity contribution in [2.45, 2.75) is 27.7 Å². The molecule has 2 amide bonds. The average Bonchev–Trinajstić information content (AvgIpc) is 3.02. The zero-order chi connectivity index (χ0) is 22.3. The van der Waals surface area contributed by atoms with E-state index in [9.17, 15) is 9.59 Å². The van der Waals surface area contributed by atoms with Crippen LogP contribution in [-0.2, 0) is 9.59 Å². The predicted molar refractivity (Wildman–Crippen MR) is 127 cm³/mol. The van der Waals surface area contributed by atoms with E-state index in [0.717, 1.165) is 33.8 Å². The molecule has 0 aliphatic carbocycles. The smallest absolute Gasteiger partial charge is 0.270 e. The highest BCUT2D eigenvalue weighted by atomic mass is 32.1. The Hall–Kier alpha value is -3.51. The maximum absolute atomic E-state index is 13.4. The Morgan fingerprint density at radius 3 is 2.35 bits per heavy atom. The molecule has 1 aromatic heterocycles. The van der Waals surface area contributed by atoms with Gasteiger partial charge in [0.15, 0.2) is 5.11 Å². The molecule has 0 radical (unpaired) electrons. The van der Waals surface area contributed by atoms with Gasteiger partial charge in [-0.15, -0.1) is 0 Å². The van der Waals surface area contributed by atoms with Gasteiger partial charge in [0.1, 0.15) is 5.57 Å². The molecule has 31 heavy (non-hydrogen) atoms. The number of benzene rings is 2. The monoisotopic (exact) mass is 429 g/mol. The number of aryl methyl sites for hydroxylation is 2. The van der Waals surface area contributed by atoms with E-state index in [1.165, 1.54) is 4.90 Å². The van der Waals surface area contributed by atoms with E-state index in [0.29, 0.717) is 5.69 Å². The summed E-state index contributed by atoms with van der Waals surface area (Å²) >= 11 is 5.34. The Morgan fingerprint density at radius 1 is 0.935 bits per heavy atom. The molecule has 156 valence electrons. The number of nitrogens with one attached hydrogen (secondary N) is 1. The second kappa shape index (κ2) is 7.96. The molecule has 5 nitrogen and oxygen atoms in total. The van der Waals surface area contributed by atoms with Crippen LogP contribution < -0.4 is 10.2 Å². The maximum atomic E-state index is 13.4. The molecule has 1 saturated heterocycles. The lowest BCUT2D eigenvalue weighted by Crippen LogP contribution is -2.54. The Morgan fingerprint density at radius 2 is 1.65 bits per heavy atom. The van der Waals surface area contributed by atoms with Crippen molar-refractivity contribution in [3.8, 4) is 5.69 Å². The van der Waals surface area contributed by atoms with Gasteiger partial charge in [-0.2, -0.15) is 0 Å². The van der Waals surface area contributed by atoms with Crippen LogP contribution in [0.1, 0.15) is 28.1 Å². The van der Waals surface area contributed by atoms with Crippen molar-refractivity contribution in [2.24, 2.45) is 0 Å². The fourth-order valence-electron chi connectivity index (χ4n) is 3.92. The molecule has 6 heteroatoms. The van der Waals surface area contributed by atoms with Crippen molar-refractivity contribution in [2.75, 3.05) is 4.90 Å². The highest BCUT2D eigenvalue weighted by Gasteiger charge is 2.35. The second-order valence-electron chi connectivity index (χ2n) is 7.67. The van der Waals surface area contributed by atoms with Gasteiger partial charge in [-0.3, -0.25) is 19.8 Å². The summed E-state index contributed by atoms with van der Waals surface area (Å²) in [5, 5.41) is 2.76. The molecular weight excluding hydrogens is 406 g/mol. The van der Waals surface area contributed by atoms with Crippen LogP contribution in [0.15, 0.2) is 60.2 Å². The van der Waals surface area contributed by atoms with E-state index in [-0.39, 0.29) is 10.7 Å². The normalized spacial score (nSPS) is 15.5. The molecule has 2 heterocycles. The highest BCUT2D eigenvalue weighted by molar-refractivity contribution is 7.80. The van der Waals surface area contributed by atoms with Gasteiger partial charge in [0.2, 0.25) is 0 Å². The van der Waals surface area contributed by atoms with E-state index in [2.05, 4.69) is 9.88 Å². The topological polar surface area (TPSA) is 54.3 Å².